The molecule has 2 heteroatoms. The molecule has 0 saturated carbocycles. The van der Waals surface area contributed by atoms with E-state index in [9.17, 15) is 0 Å². The van der Waals surface area contributed by atoms with Gasteiger partial charge in [-0.05, 0) is 33.4 Å². The quantitative estimate of drug-likeness (QED) is 0.690. The van der Waals surface area contributed by atoms with Crippen LogP contribution in [0.2, 0.25) is 0 Å². The smallest absolute Gasteiger partial charge is 0.0681 e. The van der Waals surface area contributed by atoms with Crippen LogP contribution in [0.3, 0.4) is 0 Å². The Morgan fingerprint density at radius 3 is 2.15 bits per heavy atom. The number of benzene rings is 1. The third kappa shape index (κ3) is 1.85. The van der Waals surface area contributed by atoms with Crippen molar-refractivity contribution < 1.29 is 5.11 Å². The first-order valence-corrected chi connectivity index (χ1v) is 5.71. The fraction of sp³-hybridized carbons (Fsp3) is 0.0909. The topological polar surface area (TPSA) is 20.2 Å². The Balaban J connectivity index is 2.22. The Hall–Kier alpha value is -0.990. The molecular weight excluding hydrogens is 180 g/mol. The molecule has 0 bridgehead atoms. The SMILES string of the molecule is OCc1ccc([SH]2C=CC=C2)cc1. The molecule has 68 valence electrons. The van der Waals surface area contributed by atoms with E-state index in [0.717, 1.165) is 5.56 Å². The van der Waals surface area contributed by atoms with E-state index in [2.05, 4.69) is 35.1 Å². The molecule has 0 spiro atoms. The van der Waals surface area contributed by atoms with Gasteiger partial charge < -0.3 is 5.11 Å². The van der Waals surface area contributed by atoms with E-state index in [1.54, 1.807) is 0 Å². The van der Waals surface area contributed by atoms with Gasteiger partial charge in [-0.1, -0.05) is 24.3 Å². The van der Waals surface area contributed by atoms with Crippen LogP contribution in [0, 0.1) is 0 Å². The molecule has 1 heterocycles. The summed E-state index contributed by atoms with van der Waals surface area (Å²) in [6.07, 6.45) is 4.18. The van der Waals surface area contributed by atoms with Crippen molar-refractivity contribution in [3.8, 4) is 0 Å². The number of aliphatic hydroxyl groups is 1. The molecule has 0 amide bonds. The largest absolute Gasteiger partial charge is 0.392 e. The zero-order valence-corrected chi connectivity index (χ0v) is 8.11. The van der Waals surface area contributed by atoms with Crippen LogP contribution in [0.5, 0.6) is 0 Å². The van der Waals surface area contributed by atoms with Crippen LogP contribution < -0.4 is 0 Å². The van der Waals surface area contributed by atoms with Gasteiger partial charge in [0, 0.05) is 0 Å². The van der Waals surface area contributed by atoms with Crippen LogP contribution in [-0.4, -0.2) is 5.11 Å². The van der Waals surface area contributed by atoms with E-state index in [1.807, 2.05) is 12.1 Å². The van der Waals surface area contributed by atoms with E-state index in [1.165, 1.54) is 4.90 Å². The second-order valence-electron chi connectivity index (χ2n) is 2.91. The molecule has 0 aromatic heterocycles. The first-order chi connectivity index (χ1) is 6.40. The van der Waals surface area contributed by atoms with Gasteiger partial charge in [0.05, 0.1) is 6.61 Å². The molecule has 13 heavy (non-hydrogen) atoms. The Bertz CT molecular complexity index is 326. The minimum Gasteiger partial charge on any atom is -0.392 e. The lowest BCUT2D eigenvalue weighted by Crippen LogP contribution is -1.82. The highest BCUT2D eigenvalue weighted by Gasteiger charge is 2.01. The van der Waals surface area contributed by atoms with E-state index in [0.29, 0.717) is 0 Å². The van der Waals surface area contributed by atoms with E-state index >= 15 is 0 Å². The molecule has 1 aromatic rings. The van der Waals surface area contributed by atoms with E-state index in [-0.39, 0.29) is 17.5 Å². The third-order valence-electron chi connectivity index (χ3n) is 2.02. The predicted molar refractivity (Wildman–Crippen MR) is 57.9 cm³/mol. The van der Waals surface area contributed by atoms with Crippen LogP contribution in [0.4, 0.5) is 0 Å². The van der Waals surface area contributed by atoms with Gasteiger partial charge in [-0.15, -0.1) is 0 Å². The summed E-state index contributed by atoms with van der Waals surface area (Å²) in [7, 11) is -0.200. The molecule has 2 rings (SSSR count). The number of hydrogen-bond acceptors (Lipinski definition) is 1. The van der Waals surface area contributed by atoms with Gasteiger partial charge in [0.25, 0.3) is 0 Å². The standard InChI is InChI=1S/C11H12OS/c12-9-10-3-5-11(6-4-10)13-7-1-2-8-13/h1-8,12-13H,9H2. The van der Waals surface area contributed by atoms with Crippen molar-refractivity contribution in [2.45, 2.75) is 11.5 Å². The normalized spacial score (nSPS) is 16.8. The number of hydrogen-bond donors (Lipinski definition) is 2. The molecule has 0 unspecified atom stereocenters. The highest BCUT2D eigenvalue weighted by molar-refractivity contribution is 8.22. The zero-order valence-electron chi connectivity index (χ0n) is 7.22. The van der Waals surface area contributed by atoms with Crippen molar-refractivity contribution in [3.63, 3.8) is 0 Å². The molecule has 0 fully saturated rings. The lowest BCUT2D eigenvalue weighted by Gasteiger charge is -2.10. The average molecular weight is 192 g/mol. The molecule has 0 atom stereocenters. The first-order valence-electron chi connectivity index (χ1n) is 4.23. The molecule has 1 N–H and O–H groups in total. The molecule has 0 saturated heterocycles. The molecule has 0 radical (unpaired) electrons. The van der Waals surface area contributed by atoms with Crippen LogP contribution >= 0.6 is 10.9 Å². The highest BCUT2D eigenvalue weighted by atomic mass is 32.2. The molecular formula is C11H12OS. The Labute approximate surface area is 80.8 Å². The summed E-state index contributed by atoms with van der Waals surface area (Å²) in [5.41, 5.74) is 0.978. The molecule has 1 nitrogen and oxygen atoms in total. The van der Waals surface area contributed by atoms with Gasteiger partial charge in [0.15, 0.2) is 0 Å². The average Bonchev–Trinajstić information content (AvgIpc) is 2.71. The van der Waals surface area contributed by atoms with Gasteiger partial charge in [-0.3, -0.25) is 0 Å². The van der Waals surface area contributed by atoms with Crippen molar-refractivity contribution in [2.75, 3.05) is 0 Å². The predicted octanol–water partition coefficient (Wildman–Crippen LogP) is 2.58. The summed E-state index contributed by atoms with van der Waals surface area (Å²) < 4.78 is 0. The molecule has 1 aliphatic heterocycles. The van der Waals surface area contributed by atoms with Crippen molar-refractivity contribution >= 4 is 10.9 Å². The maximum absolute atomic E-state index is 8.87. The van der Waals surface area contributed by atoms with Gasteiger partial charge >= 0.3 is 0 Å². The van der Waals surface area contributed by atoms with Gasteiger partial charge in [0.1, 0.15) is 0 Å². The second-order valence-corrected chi connectivity index (χ2v) is 4.84. The number of aliphatic hydroxyl groups excluding tert-OH is 1. The Morgan fingerprint density at radius 2 is 1.62 bits per heavy atom. The molecule has 1 aromatic carbocycles. The lowest BCUT2D eigenvalue weighted by molar-refractivity contribution is 0.282. The van der Waals surface area contributed by atoms with Crippen molar-refractivity contribution in [1.29, 1.82) is 0 Å². The summed E-state index contributed by atoms with van der Waals surface area (Å²) in [4.78, 5) is 1.34. The van der Waals surface area contributed by atoms with Crippen LogP contribution in [0.25, 0.3) is 0 Å². The maximum atomic E-state index is 8.87. The van der Waals surface area contributed by atoms with E-state index in [4.69, 9.17) is 5.11 Å². The third-order valence-corrected chi connectivity index (χ3v) is 3.90. The van der Waals surface area contributed by atoms with Crippen LogP contribution in [0.15, 0.2) is 52.1 Å². The Morgan fingerprint density at radius 1 is 1.00 bits per heavy atom. The van der Waals surface area contributed by atoms with Crippen molar-refractivity contribution in [2.24, 2.45) is 0 Å². The lowest BCUT2D eigenvalue weighted by atomic mass is 10.2. The maximum Gasteiger partial charge on any atom is 0.0681 e. The van der Waals surface area contributed by atoms with Crippen molar-refractivity contribution in [1.82, 2.24) is 0 Å². The number of rotatable bonds is 2. The minimum atomic E-state index is -0.200. The summed E-state index contributed by atoms with van der Waals surface area (Å²) >= 11 is 0. The summed E-state index contributed by atoms with van der Waals surface area (Å²) in [6.45, 7) is 0.129. The van der Waals surface area contributed by atoms with Crippen molar-refractivity contribution in [3.05, 3.63) is 52.8 Å². The van der Waals surface area contributed by atoms with Crippen LogP contribution in [-0.2, 0) is 6.61 Å². The number of thiol groups is 1. The molecule has 0 aliphatic carbocycles. The zero-order chi connectivity index (χ0) is 9.10. The van der Waals surface area contributed by atoms with Gasteiger partial charge in [0.2, 0.25) is 0 Å². The van der Waals surface area contributed by atoms with Crippen LogP contribution in [0.1, 0.15) is 5.56 Å². The summed E-state index contributed by atoms with van der Waals surface area (Å²) in [5, 5.41) is 13.3. The fourth-order valence-corrected chi connectivity index (χ4v) is 2.79. The summed E-state index contributed by atoms with van der Waals surface area (Å²) in [5.74, 6) is 0. The summed E-state index contributed by atoms with van der Waals surface area (Å²) in [6, 6.07) is 8.16. The minimum absolute atomic E-state index is 0.129. The monoisotopic (exact) mass is 192 g/mol. The Kier molecular flexibility index (Phi) is 2.52. The highest BCUT2D eigenvalue weighted by Crippen LogP contribution is 2.41. The number of allylic oxidation sites excluding steroid dienone is 2. The molecule has 1 aliphatic rings. The fourth-order valence-electron chi connectivity index (χ4n) is 1.28. The second kappa shape index (κ2) is 3.81. The van der Waals surface area contributed by atoms with Gasteiger partial charge in [-0.25, -0.2) is 0 Å². The van der Waals surface area contributed by atoms with Gasteiger partial charge in [-0.2, -0.15) is 10.9 Å². The van der Waals surface area contributed by atoms with E-state index < -0.39 is 0 Å². The first kappa shape index (κ1) is 8.60.